The van der Waals surface area contributed by atoms with Crippen LogP contribution >= 0.6 is 0 Å². The molecule has 1 rings (SSSR count). The normalized spacial score (nSPS) is 10.3. The van der Waals surface area contributed by atoms with E-state index in [1.807, 2.05) is 0 Å². The van der Waals surface area contributed by atoms with E-state index >= 15 is 0 Å². The van der Waals surface area contributed by atoms with Gasteiger partial charge in [-0.1, -0.05) is 12.1 Å². The van der Waals surface area contributed by atoms with Gasteiger partial charge < -0.3 is 14.2 Å². The lowest BCUT2D eigenvalue weighted by Gasteiger charge is -2.02. The van der Waals surface area contributed by atoms with Crippen LogP contribution in [0.25, 0.3) is 6.08 Å². The van der Waals surface area contributed by atoms with Crippen LogP contribution in [-0.4, -0.2) is 26.3 Å². The van der Waals surface area contributed by atoms with Gasteiger partial charge in [0.2, 0.25) is 0 Å². The summed E-state index contributed by atoms with van der Waals surface area (Å²) in [5.41, 5.74) is 0.475. The van der Waals surface area contributed by atoms with Crippen LogP contribution in [0.4, 0.5) is 4.79 Å². The first kappa shape index (κ1) is 14.3. The van der Waals surface area contributed by atoms with Crippen molar-refractivity contribution in [3.05, 3.63) is 35.4 Å². The molecule has 0 bridgehead atoms. The lowest BCUT2D eigenvalue weighted by molar-refractivity contribution is -0.135. The van der Waals surface area contributed by atoms with Crippen molar-refractivity contribution in [1.82, 2.24) is 0 Å². The average molecular weight is 261 g/mol. The second-order valence-electron chi connectivity index (χ2n) is 3.29. The highest BCUT2D eigenvalue weighted by Crippen LogP contribution is 2.15. The van der Waals surface area contributed by atoms with Crippen LogP contribution in [0.2, 0.25) is 0 Å². The molecule has 0 aromatic heterocycles. The monoisotopic (exact) mass is 261 g/mol. The number of hydrogen-bond acceptors (Lipinski definition) is 6. The van der Waals surface area contributed by atoms with Gasteiger partial charge in [-0.05, 0) is 23.8 Å². The Hall–Kier alpha value is -2.81. The van der Waals surface area contributed by atoms with Crippen LogP contribution in [0.5, 0.6) is 5.75 Å². The summed E-state index contributed by atoms with van der Waals surface area (Å²) in [6, 6.07) is 7.92. The highest BCUT2D eigenvalue weighted by molar-refractivity contribution is 5.97. The molecule has 0 saturated carbocycles. The van der Waals surface area contributed by atoms with Gasteiger partial charge in [-0.15, -0.1) is 0 Å². The minimum Gasteiger partial charge on any atom is -0.465 e. The SMILES string of the molecule is COC(=O)Oc1ccc(/C=C(\C#N)C(=O)OC)cc1. The van der Waals surface area contributed by atoms with Gasteiger partial charge in [0.15, 0.2) is 0 Å². The van der Waals surface area contributed by atoms with E-state index in [0.717, 1.165) is 0 Å². The van der Waals surface area contributed by atoms with Crippen molar-refractivity contribution in [2.24, 2.45) is 0 Å². The Morgan fingerprint density at radius 3 is 2.26 bits per heavy atom. The van der Waals surface area contributed by atoms with Gasteiger partial charge in [-0.25, -0.2) is 9.59 Å². The van der Waals surface area contributed by atoms with Crippen LogP contribution in [0, 0.1) is 11.3 Å². The van der Waals surface area contributed by atoms with Crippen LogP contribution in [0.3, 0.4) is 0 Å². The molecular weight excluding hydrogens is 250 g/mol. The van der Waals surface area contributed by atoms with Crippen LogP contribution in [0.1, 0.15) is 5.56 Å². The van der Waals surface area contributed by atoms with E-state index in [9.17, 15) is 9.59 Å². The van der Waals surface area contributed by atoms with Gasteiger partial charge in [-0.2, -0.15) is 5.26 Å². The maximum Gasteiger partial charge on any atom is 0.513 e. The molecule has 98 valence electrons. The zero-order valence-corrected chi connectivity index (χ0v) is 10.4. The molecule has 6 nitrogen and oxygen atoms in total. The zero-order valence-electron chi connectivity index (χ0n) is 10.4. The maximum absolute atomic E-state index is 11.2. The molecule has 0 aliphatic heterocycles. The summed E-state index contributed by atoms with van der Waals surface area (Å²) in [5.74, 6) is -0.419. The zero-order chi connectivity index (χ0) is 14.3. The van der Waals surface area contributed by atoms with E-state index in [-0.39, 0.29) is 5.57 Å². The van der Waals surface area contributed by atoms with Gasteiger partial charge in [0.1, 0.15) is 17.4 Å². The lowest BCUT2D eigenvalue weighted by atomic mass is 10.1. The van der Waals surface area contributed by atoms with E-state index in [1.54, 1.807) is 18.2 Å². The highest BCUT2D eigenvalue weighted by Gasteiger charge is 2.08. The number of benzene rings is 1. The Morgan fingerprint density at radius 1 is 1.16 bits per heavy atom. The summed E-state index contributed by atoms with van der Waals surface area (Å²) >= 11 is 0. The Labute approximate surface area is 109 Å². The van der Waals surface area contributed by atoms with Gasteiger partial charge in [0, 0.05) is 0 Å². The Kier molecular flexibility index (Phi) is 5.11. The van der Waals surface area contributed by atoms with Crippen molar-refractivity contribution in [3.63, 3.8) is 0 Å². The maximum atomic E-state index is 11.2. The third-order valence-corrected chi connectivity index (χ3v) is 2.08. The summed E-state index contributed by atoms with van der Waals surface area (Å²) in [6.07, 6.45) is 0.545. The van der Waals surface area contributed by atoms with Crippen molar-refractivity contribution >= 4 is 18.2 Å². The van der Waals surface area contributed by atoms with Crippen LogP contribution < -0.4 is 4.74 Å². The van der Waals surface area contributed by atoms with Crippen molar-refractivity contribution < 1.29 is 23.8 Å². The van der Waals surface area contributed by atoms with Crippen molar-refractivity contribution in [1.29, 1.82) is 5.26 Å². The summed E-state index contributed by atoms with van der Waals surface area (Å²) in [4.78, 5) is 22.1. The largest absolute Gasteiger partial charge is 0.513 e. The third kappa shape index (κ3) is 4.16. The summed E-state index contributed by atoms with van der Waals surface area (Å²) in [5, 5.41) is 8.79. The fraction of sp³-hybridized carbons (Fsp3) is 0.154. The van der Waals surface area contributed by atoms with E-state index in [0.29, 0.717) is 11.3 Å². The molecule has 6 heteroatoms. The first-order valence-electron chi connectivity index (χ1n) is 5.16. The molecule has 19 heavy (non-hydrogen) atoms. The first-order valence-corrected chi connectivity index (χ1v) is 5.16. The van der Waals surface area contributed by atoms with Gasteiger partial charge in [0.25, 0.3) is 0 Å². The molecule has 0 fully saturated rings. The molecule has 0 atom stereocenters. The molecule has 1 aromatic carbocycles. The molecular formula is C13H11NO5. The minimum absolute atomic E-state index is 0.121. The number of rotatable bonds is 3. The van der Waals surface area contributed by atoms with E-state index in [2.05, 4.69) is 9.47 Å². The molecule has 1 aromatic rings. The summed E-state index contributed by atoms with van der Waals surface area (Å²) in [7, 11) is 2.40. The lowest BCUT2D eigenvalue weighted by Crippen LogP contribution is -2.07. The summed E-state index contributed by atoms with van der Waals surface area (Å²) in [6.45, 7) is 0. The predicted molar refractivity (Wildman–Crippen MR) is 65.1 cm³/mol. The topological polar surface area (TPSA) is 85.6 Å². The second-order valence-corrected chi connectivity index (χ2v) is 3.29. The Bertz CT molecular complexity index is 539. The van der Waals surface area contributed by atoms with E-state index in [1.165, 1.54) is 32.4 Å². The minimum atomic E-state index is -0.824. The molecule has 0 radical (unpaired) electrons. The van der Waals surface area contributed by atoms with Crippen molar-refractivity contribution in [2.45, 2.75) is 0 Å². The van der Waals surface area contributed by atoms with Crippen LogP contribution in [-0.2, 0) is 14.3 Å². The molecule has 0 aliphatic carbocycles. The number of carbonyl (C=O) groups excluding carboxylic acids is 2. The number of methoxy groups -OCH3 is 2. The average Bonchev–Trinajstić information content (AvgIpc) is 2.45. The summed E-state index contributed by atoms with van der Waals surface area (Å²) < 4.78 is 13.6. The molecule has 0 N–H and O–H groups in total. The number of ether oxygens (including phenoxy) is 3. The molecule has 0 heterocycles. The van der Waals surface area contributed by atoms with E-state index in [4.69, 9.17) is 10.00 Å². The molecule has 0 unspecified atom stereocenters. The standard InChI is InChI=1S/C13H11NO5/c1-17-12(15)10(8-14)7-9-3-5-11(6-4-9)19-13(16)18-2/h3-7H,1-2H3/b10-7+. The van der Waals surface area contributed by atoms with Crippen molar-refractivity contribution in [3.8, 4) is 11.8 Å². The van der Waals surface area contributed by atoms with Crippen LogP contribution in [0.15, 0.2) is 29.8 Å². The number of nitrogens with zero attached hydrogens (tertiary/aromatic N) is 1. The van der Waals surface area contributed by atoms with Crippen molar-refractivity contribution in [2.75, 3.05) is 14.2 Å². The fourth-order valence-electron chi connectivity index (χ4n) is 1.18. The highest BCUT2D eigenvalue weighted by atomic mass is 16.7. The molecule has 0 spiro atoms. The predicted octanol–water partition coefficient (Wildman–Crippen LogP) is 1.91. The molecule has 0 saturated heterocycles. The van der Waals surface area contributed by atoms with Gasteiger partial charge in [0.05, 0.1) is 14.2 Å². The van der Waals surface area contributed by atoms with Gasteiger partial charge in [-0.3, -0.25) is 0 Å². The first-order chi connectivity index (χ1) is 9.10. The second kappa shape index (κ2) is 6.81. The van der Waals surface area contributed by atoms with Gasteiger partial charge >= 0.3 is 12.1 Å². The smallest absolute Gasteiger partial charge is 0.465 e. The number of carbonyl (C=O) groups is 2. The number of nitriles is 1. The Balaban J connectivity index is 2.87. The fourth-order valence-corrected chi connectivity index (χ4v) is 1.18. The molecule has 0 amide bonds. The third-order valence-electron chi connectivity index (χ3n) is 2.08. The Morgan fingerprint density at radius 2 is 1.79 bits per heavy atom. The van der Waals surface area contributed by atoms with E-state index < -0.39 is 12.1 Å². The quantitative estimate of drug-likeness (QED) is 0.357. The number of esters is 1. The molecule has 0 aliphatic rings. The number of hydrogen-bond donors (Lipinski definition) is 0.